The summed E-state index contributed by atoms with van der Waals surface area (Å²) in [5.74, 6) is 0. The molecule has 0 unspecified atom stereocenters. The van der Waals surface area contributed by atoms with E-state index in [1.165, 1.54) is 33.0 Å². The Labute approximate surface area is 101 Å². The average Bonchev–Trinajstić information content (AvgIpc) is 2.55. The third-order valence-corrected chi connectivity index (χ3v) is 3.36. The molecular weight excluding hydrogens is 208 g/mol. The minimum atomic E-state index is 1.01. The van der Waals surface area contributed by atoms with Crippen LogP contribution in [0.4, 0.5) is 0 Å². The summed E-state index contributed by atoms with van der Waals surface area (Å²) >= 11 is 0. The van der Waals surface area contributed by atoms with E-state index in [1.807, 2.05) is 0 Å². The zero-order chi connectivity index (χ0) is 12.2. The first kappa shape index (κ1) is 10.4. The van der Waals surface area contributed by atoms with Crippen molar-refractivity contribution in [1.82, 2.24) is 0 Å². The highest BCUT2D eigenvalue weighted by molar-refractivity contribution is 6.08. The maximum atomic E-state index is 5.98. The van der Waals surface area contributed by atoms with Crippen molar-refractivity contribution in [2.75, 3.05) is 0 Å². The number of hydrogen-bond donors (Lipinski definition) is 0. The van der Waals surface area contributed by atoms with E-state index < -0.39 is 0 Å². The predicted molar refractivity (Wildman–Crippen MR) is 72.7 cm³/mol. The van der Waals surface area contributed by atoms with Crippen LogP contribution in [0.5, 0.6) is 0 Å². The Balaban J connectivity index is 2.60. The SMILES string of the molecule is Cc1cc(C)c2c(c1)oc1cc(C)cc(C)c12. The molecule has 0 aliphatic heterocycles. The topological polar surface area (TPSA) is 13.1 Å². The van der Waals surface area contributed by atoms with E-state index >= 15 is 0 Å². The first-order chi connectivity index (χ1) is 8.06. The summed E-state index contributed by atoms with van der Waals surface area (Å²) in [6, 6.07) is 8.68. The lowest BCUT2D eigenvalue weighted by Crippen LogP contribution is -1.81. The maximum absolute atomic E-state index is 5.98. The highest BCUT2D eigenvalue weighted by atomic mass is 16.3. The van der Waals surface area contributed by atoms with E-state index in [9.17, 15) is 0 Å². The van der Waals surface area contributed by atoms with Crippen LogP contribution in [0.25, 0.3) is 21.9 Å². The zero-order valence-corrected chi connectivity index (χ0v) is 10.7. The Morgan fingerprint density at radius 3 is 1.47 bits per heavy atom. The van der Waals surface area contributed by atoms with Crippen molar-refractivity contribution < 1.29 is 4.42 Å². The number of rotatable bonds is 0. The molecule has 0 N–H and O–H groups in total. The van der Waals surface area contributed by atoms with E-state index in [1.54, 1.807) is 0 Å². The van der Waals surface area contributed by atoms with Gasteiger partial charge in [0, 0.05) is 10.8 Å². The smallest absolute Gasteiger partial charge is 0.135 e. The third kappa shape index (κ3) is 1.46. The lowest BCUT2D eigenvalue weighted by molar-refractivity contribution is 0.668. The fraction of sp³-hybridized carbons (Fsp3) is 0.250. The van der Waals surface area contributed by atoms with Crippen molar-refractivity contribution in [3.63, 3.8) is 0 Å². The summed E-state index contributed by atoms with van der Waals surface area (Å²) in [6.07, 6.45) is 0. The summed E-state index contributed by atoms with van der Waals surface area (Å²) in [5.41, 5.74) is 7.11. The van der Waals surface area contributed by atoms with Gasteiger partial charge in [-0.15, -0.1) is 0 Å². The minimum Gasteiger partial charge on any atom is -0.456 e. The molecule has 2 aromatic carbocycles. The van der Waals surface area contributed by atoms with Gasteiger partial charge in [-0.25, -0.2) is 0 Å². The van der Waals surface area contributed by atoms with Gasteiger partial charge in [0.2, 0.25) is 0 Å². The summed E-state index contributed by atoms with van der Waals surface area (Å²) < 4.78 is 5.98. The van der Waals surface area contributed by atoms with E-state index in [-0.39, 0.29) is 0 Å². The minimum absolute atomic E-state index is 1.01. The van der Waals surface area contributed by atoms with Crippen LogP contribution in [-0.4, -0.2) is 0 Å². The second-order valence-corrected chi connectivity index (χ2v) is 5.01. The van der Waals surface area contributed by atoms with Crippen LogP contribution >= 0.6 is 0 Å². The van der Waals surface area contributed by atoms with Gasteiger partial charge in [-0.1, -0.05) is 12.1 Å². The highest BCUT2D eigenvalue weighted by Crippen LogP contribution is 2.34. The van der Waals surface area contributed by atoms with Crippen LogP contribution in [0.3, 0.4) is 0 Å². The highest BCUT2D eigenvalue weighted by Gasteiger charge is 2.12. The van der Waals surface area contributed by atoms with E-state index in [2.05, 4.69) is 52.0 Å². The molecule has 17 heavy (non-hydrogen) atoms. The number of hydrogen-bond acceptors (Lipinski definition) is 1. The molecule has 0 amide bonds. The van der Waals surface area contributed by atoms with Crippen molar-refractivity contribution in [1.29, 1.82) is 0 Å². The molecule has 0 spiro atoms. The molecule has 0 bridgehead atoms. The van der Waals surface area contributed by atoms with Gasteiger partial charge in [0.25, 0.3) is 0 Å². The molecular formula is C16H16O. The van der Waals surface area contributed by atoms with Crippen molar-refractivity contribution in [2.24, 2.45) is 0 Å². The number of aryl methyl sites for hydroxylation is 4. The van der Waals surface area contributed by atoms with Gasteiger partial charge in [-0.3, -0.25) is 0 Å². The second kappa shape index (κ2) is 3.36. The second-order valence-electron chi connectivity index (χ2n) is 5.01. The third-order valence-electron chi connectivity index (χ3n) is 3.36. The molecule has 0 aliphatic rings. The first-order valence-corrected chi connectivity index (χ1v) is 5.97. The van der Waals surface area contributed by atoms with Crippen LogP contribution in [0.15, 0.2) is 28.7 Å². The van der Waals surface area contributed by atoms with Crippen LogP contribution in [0.2, 0.25) is 0 Å². The largest absolute Gasteiger partial charge is 0.456 e. The molecule has 1 heteroatoms. The first-order valence-electron chi connectivity index (χ1n) is 5.97. The Kier molecular flexibility index (Phi) is 2.06. The van der Waals surface area contributed by atoms with Gasteiger partial charge in [0.15, 0.2) is 0 Å². The van der Waals surface area contributed by atoms with Crippen molar-refractivity contribution in [2.45, 2.75) is 27.7 Å². The van der Waals surface area contributed by atoms with E-state index in [0.717, 1.165) is 11.2 Å². The molecule has 0 radical (unpaired) electrons. The zero-order valence-electron chi connectivity index (χ0n) is 10.7. The van der Waals surface area contributed by atoms with Crippen LogP contribution in [-0.2, 0) is 0 Å². The Morgan fingerprint density at radius 1 is 0.647 bits per heavy atom. The molecule has 3 rings (SSSR count). The van der Waals surface area contributed by atoms with Crippen LogP contribution in [0.1, 0.15) is 22.3 Å². The summed E-state index contributed by atoms with van der Waals surface area (Å²) in [7, 11) is 0. The van der Waals surface area contributed by atoms with Crippen molar-refractivity contribution in [3.05, 3.63) is 46.5 Å². The number of fused-ring (bicyclic) bond motifs is 3. The predicted octanol–water partition coefficient (Wildman–Crippen LogP) is 4.82. The van der Waals surface area contributed by atoms with Crippen molar-refractivity contribution >= 4 is 21.9 Å². The molecule has 0 fully saturated rings. The van der Waals surface area contributed by atoms with Crippen molar-refractivity contribution in [3.8, 4) is 0 Å². The average molecular weight is 224 g/mol. The molecule has 86 valence electrons. The summed E-state index contributed by atoms with van der Waals surface area (Å²) in [4.78, 5) is 0. The summed E-state index contributed by atoms with van der Waals surface area (Å²) in [5, 5.41) is 2.53. The number of benzene rings is 2. The molecule has 0 atom stereocenters. The Bertz CT molecular complexity index is 670. The maximum Gasteiger partial charge on any atom is 0.135 e. The molecule has 0 saturated heterocycles. The van der Waals surface area contributed by atoms with Gasteiger partial charge >= 0.3 is 0 Å². The van der Waals surface area contributed by atoms with Gasteiger partial charge < -0.3 is 4.42 Å². The molecule has 0 saturated carbocycles. The fourth-order valence-electron chi connectivity index (χ4n) is 2.78. The lowest BCUT2D eigenvalue weighted by atomic mass is 10.0. The van der Waals surface area contributed by atoms with Gasteiger partial charge in [-0.2, -0.15) is 0 Å². The number of furan rings is 1. The quantitative estimate of drug-likeness (QED) is 0.533. The monoisotopic (exact) mass is 224 g/mol. The molecule has 1 nitrogen and oxygen atoms in total. The fourth-order valence-corrected chi connectivity index (χ4v) is 2.78. The van der Waals surface area contributed by atoms with Gasteiger partial charge in [0.1, 0.15) is 11.2 Å². The molecule has 1 aromatic heterocycles. The molecule has 1 heterocycles. The normalized spacial score (nSPS) is 11.5. The molecule has 3 aromatic rings. The summed E-state index contributed by atoms with van der Waals surface area (Å²) in [6.45, 7) is 8.53. The van der Waals surface area contributed by atoms with E-state index in [4.69, 9.17) is 4.42 Å². The standard InChI is InChI=1S/C16H16O/c1-9-5-11(3)15-13(7-9)17-14-8-10(2)6-12(4)16(14)15/h5-8H,1-4H3. The Hall–Kier alpha value is -1.76. The molecule has 0 aliphatic carbocycles. The van der Waals surface area contributed by atoms with Gasteiger partial charge in [0.05, 0.1) is 0 Å². The lowest BCUT2D eigenvalue weighted by Gasteiger charge is -2.01. The van der Waals surface area contributed by atoms with Gasteiger partial charge in [-0.05, 0) is 62.1 Å². The Morgan fingerprint density at radius 2 is 1.06 bits per heavy atom. The van der Waals surface area contributed by atoms with E-state index in [0.29, 0.717) is 0 Å². The van der Waals surface area contributed by atoms with Crippen LogP contribution in [0, 0.1) is 27.7 Å². The van der Waals surface area contributed by atoms with Crippen LogP contribution < -0.4 is 0 Å².